The van der Waals surface area contributed by atoms with Crippen LogP contribution in [0, 0.1) is 6.92 Å². The minimum Gasteiger partial charge on any atom is -0.455 e. The lowest BCUT2D eigenvalue weighted by molar-refractivity contribution is 0.0995. The molecule has 4 rings (SSSR count). The maximum atomic E-state index is 12.7. The van der Waals surface area contributed by atoms with Gasteiger partial charge in [0.15, 0.2) is 17.9 Å². The van der Waals surface area contributed by atoms with Crippen LogP contribution in [0.3, 0.4) is 0 Å². The van der Waals surface area contributed by atoms with Gasteiger partial charge in [-0.3, -0.25) is 4.79 Å². The fraction of sp³-hybridized carbons (Fsp3) is 0.263. The summed E-state index contributed by atoms with van der Waals surface area (Å²) >= 11 is 0. The molecule has 1 aliphatic heterocycles. The highest BCUT2D eigenvalue weighted by atomic mass is 32.2. The number of carbonyl (C=O) groups excluding carboxylic acids is 1. The number of oxazole rings is 1. The molecule has 0 aliphatic carbocycles. The topological polar surface area (TPSA) is 106 Å². The number of carbonyl (C=O) groups is 1. The predicted octanol–water partition coefficient (Wildman–Crippen LogP) is 3.28. The monoisotopic (exact) mass is 401 g/mol. The number of anilines is 1. The van der Waals surface area contributed by atoms with Crippen molar-refractivity contribution in [3.05, 3.63) is 54.4 Å². The molecule has 0 atom stereocenters. The Morgan fingerprint density at radius 3 is 2.71 bits per heavy atom. The maximum absolute atomic E-state index is 12.7. The number of aryl methyl sites for hydroxylation is 1. The third kappa shape index (κ3) is 3.46. The van der Waals surface area contributed by atoms with Crippen LogP contribution in [0.25, 0.3) is 11.3 Å². The lowest BCUT2D eigenvalue weighted by Crippen LogP contribution is -2.28. The second kappa shape index (κ2) is 7.25. The van der Waals surface area contributed by atoms with Crippen LogP contribution in [0.5, 0.6) is 0 Å². The molecule has 0 bridgehead atoms. The third-order valence-electron chi connectivity index (χ3n) is 4.62. The number of rotatable bonds is 5. The zero-order valence-electron chi connectivity index (χ0n) is 15.2. The molecular formula is C19H19N3O5S. The van der Waals surface area contributed by atoms with Crippen LogP contribution in [0.1, 0.15) is 29.2 Å². The van der Waals surface area contributed by atoms with Crippen LogP contribution < -0.4 is 5.32 Å². The summed E-state index contributed by atoms with van der Waals surface area (Å²) in [6.07, 6.45) is 4.58. The quantitative estimate of drug-likeness (QED) is 0.703. The normalized spacial score (nSPS) is 15.0. The molecule has 0 radical (unpaired) electrons. The van der Waals surface area contributed by atoms with Gasteiger partial charge >= 0.3 is 0 Å². The van der Waals surface area contributed by atoms with Crippen molar-refractivity contribution < 1.29 is 22.0 Å². The molecule has 1 saturated heterocycles. The molecule has 1 N–H and O–H groups in total. The molecule has 9 heteroatoms. The molecule has 3 aromatic rings. The first-order valence-corrected chi connectivity index (χ1v) is 10.3. The lowest BCUT2D eigenvalue weighted by Gasteiger charge is -2.14. The molecular weight excluding hydrogens is 382 g/mol. The Morgan fingerprint density at radius 2 is 2.00 bits per heavy atom. The van der Waals surface area contributed by atoms with Crippen LogP contribution in [-0.2, 0) is 10.0 Å². The minimum atomic E-state index is -3.65. The van der Waals surface area contributed by atoms with Gasteiger partial charge < -0.3 is 14.2 Å². The number of hydrogen-bond donors (Lipinski definition) is 1. The predicted molar refractivity (Wildman–Crippen MR) is 101 cm³/mol. The van der Waals surface area contributed by atoms with Crippen LogP contribution in [0.15, 0.2) is 56.7 Å². The Hall–Kier alpha value is -2.91. The van der Waals surface area contributed by atoms with E-state index >= 15 is 0 Å². The summed E-state index contributed by atoms with van der Waals surface area (Å²) in [6, 6.07) is 8.34. The molecule has 1 aromatic carbocycles. The van der Waals surface area contributed by atoms with Gasteiger partial charge in [0.25, 0.3) is 5.91 Å². The number of furan rings is 1. The van der Waals surface area contributed by atoms with Gasteiger partial charge in [-0.05, 0) is 31.9 Å². The number of nitrogens with one attached hydrogen (secondary N) is 1. The van der Waals surface area contributed by atoms with Gasteiger partial charge in [-0.15, -0.1) is 0 Å². The highest BCUT2D eigenvalue weighted by molar-refractivity contribution is 7.89. The van der Waals surface area contributed by atoms with Gasteiger partial charge in [-0.25, -0.2) is 13.4 Å². The van der Waals surface area contributed by atoms with E-state index in [1.165, 1.54) is 16.8 Å². The molecule has 28 heavy (non-hydrogen) atoms. The number of benzene rings is 1. The fourth-order valence-electron chi connectivity index (χ4n) is 3.20. The highest BCUT2D eigenvalue weighted by Crippen LogP contribution is 2.27. The van der Waals surface area contributed by atoms with E-state index in [2.05, 4.69) is 10.3 Å². The number of hydrogen-bond acceptors (Lipinski definition) is 6. The zero-order chi connectivity index (χ0) is 19.7. The standard InChI is InChI=1S/C19H19N3O5S/c1-13-18(28(24,25)22-7-2-3-8-22)10-16(27-13)19(23)21-15-6-4-5-14(9-15)17-11-20-12-26-17/h4-6,9-12H,2-3,7-8H2,1H3,(H,21,23). The second-order valence-electron chi connectivity index (χ2n) is 6.54. The van der Waals surface area contributed by atoms with E-state index in [-0.39, 0.29) is 16.4 Å². The first kappa shape index (κ1) is 18.5. The molecule has 0 saturated carbocycles. The van der Waals surface area contributed by atoms with Crippen molar-refractivity contribution in [2.75, 3.05) is 18.4 Å². The maximum Gasteiger partial charge on any atom is 0.291 e. The first-order valence-electron chi connectivity index (χ1n) is 8.86. The zero-order valence-corrected chi connectivity index (χ0v) is 16.0. The largest absolute Gasteiger partial charge is 0.455 e. The summed E-state index contributed by atoms with van der Waals surface area (Å²) in [4.78, 5) is 16.5. The van der Waals surface area contributed by atoms with Gasteiger partial charge in [-0.1, -0.05) is 12.1 Å². The van der Waals surface area contributed by atoms with Crippen molar-refractivity contribution in [2.45, 2.75) is 24.7 Å². The number of aromatic nitrogens is 1. The van der Waals surface area contributed by atoms with Crippen molar-refractivity contribution in [1.29, 1.82) is 0 Å². The van der Waals surface area contributed by atoms with E-state index in [0.29, 0.717) is 24.5 Å². The Kier molecular flexibility index (Phi) is 4.78. The van der Waals surface area contributed by atoms with Crippen LogP contribution in [0.2, 0.25) is 0 Å². The van der Waals surface area contributed by atoms with Crippen LogP contribution in [-0.4, -0.2) is 36.7 Å². The number of sulfonamides is 1. The van der Waals surface area contributed by atoms with Crippen molar-refractivity contribution >= 4 is 21.6 Å². The molecule has 2 aromatic heterocycles. The van der Waals surface area contributed by atoms with E-state index in [9.17, 15) is 13.2 Å². The Balaban J connectivity index is 1.56. The summed E-state index contributed by atoms with van der Waals surface area (Å²) in [5.74, 6) is 0.192. The fourth-order valence-corrected chi connectivity index (χ4v) is 4.88. The van der Waals surface area contributed by atoms with E-state index in [0.717, 1.165) is 18.4 Å². The van der Waals surface area contributed by atoms with Crippen molar-refractivity contribution in [3.8, 4) is 11.3 Å². The van der Waals surface area contributed by atoms with Crippen molar-refractivity contribution in [3.63, 3.8) is 0 Å². The molecule has 1 amide bonds. The average Bonchev–Trinajstić information content (AvgIpc) is 3.43. The third-order valence-corrected chi connectivity index (χ3v) is 6.62. The highest BCUT2D eigenvalue weighted by Gasteiger charge is 2.31. The van der Waals surface area contributed by atoms with Gasteiger partial charge in [0.05, 0.1) is 6.20 Å². The summed E-state index contributed by atoms with van der Waals surface area (Å²) < 4.78 is 37.6. The molecule has 1 fully saturated rings. The van der Waals surface area contributed by atoms with Gasteiger partial charge in [0.1, 0.15) is 10.7 Å². The second-order valence-corrected chi connectivity index (χ2v) is 8.45. The Bertz CT molecular complexity index is 1100. The van der Waals surface area contributed by atoms with E-state index < -0.39 is 15.9 Å². The molecule has 3 heterocycles. The van der Waals surface area contributed by atoms with E-state index in [4.69, 9.17) is 8.83 Å². The van der Waals surface area contributed by atoms with Crippen molar-refractivity contribution in [2.24, 2.45) is 0 Å². The lowest BCUT2D eigenvalue weighted by atomic mass is 10.1. The van der Waals surface area contributed by atoms with Crippen LogP contribution in [0.4, 0.5) is 5.69 Å². The van der Waals surface area contributed by atoms with Gasteiger partial charge in [0, 0.05) is 30.4 Å². The molecule has 146 valence electrons. The number of nitrogens with zero attached hydrogens (tertiary/aromatic N) is 2. The summed E-state index contributed by atoms with van der Waals surface area (Å²) in [7, 11) is -3.65. The summed E-state index contributed by atoms with van der Waals surface area (Å²) in [5, 5.41) is 2.72. The Morgan fingerprint density at radius 1 is 1.21 bits per heavy atom. The SMILES string of the molecule is Cc1oc(C(=O)Nc2cccc(-c3cnco3)c2)cc1S(=O)(=O)N1CCCC1. The van der Waals surface area contributed by atoms with E-state index in [1.54, 1.807) is 31.3 Å². The smallest absolute Gasteiger partial charge is 0.291 e. The van der Waals surface area contributed by atoms with Gasteiger partial charge in [-0.2, -0.15) is 4.31 Å². The minimum absolute atomic E-state index is 0.0370. The van der Waals surface area contributed by atoms with Crippen LogP contribution >= 0.6 is 0 Å². The first-order chi connectivity index (χ1) is 13.4. The number of amides is 1. The molecule has 0 spiro atoms. The molecule has 1 aliphatic rings. The Labute approximate surface area is 162 Å². The van der Waals surface area contributed by atoms with Crippen molar-refractivity contribution in [1.82, 2.24) is 9.29 Å². The summed E-state index contributed by atoms with van der Waals surface area (Å²) in [5.41, 5.74) is 1.28. The van der Waals surface area contributed by atoms with E-state index in [1.807, 2.05) is 6.07 Å². The molecule has 0 unspecified atom stereocenters. The molecule has 8 nitrogen and oxygen atoms in total. The van der Waals surface area contributed by atoms with Gasteiger partial charge in [0.2, 0.25) is 10.0 Å². The summed E-state index contributed by atoms with van der Waals surface area (Å²) in [6.45, 7) is 2.52. The average molecular weight is 401 g/mol.